The summed E-state index contributed by atoms with van der Waals surface area (Å²) in [6.07, 6.45) is 4.96. The molecule has 3 rings (SSSR count). The van der Waals surface area contributed by atoms with Gasteiger partial charge in [-0.3, -0.25) is 9.69 Å². The van der Waals surface area contributed by atoms with E-state index in [0.717, 1.165) is 32.6 Å². The summed E-state index contributed by atoms with van der Waals surface area (Å²) in [6, 6.07) is 2.13. The van der Waals surface area contributed by atoms with Crippen molar-refractivity contribution >= 4 is 23.3 Å². The molecule has 0 aromatic carbocycles. The first-order valence-corrected chi connectivity index (χ1v) is 7.72. The lowest BCUT2D eigenvalue weighted by Gasteiger charge is -2.25. The molecule has 1 unspecified atom stereocenters. The topological polar surface area (TPSA) is 74.5 Å². The quantitative estimate of drug-likeness (QED) is 0.637. The largest absolute Gasteiger partial charge is 0.337 e. The van der Waals surface area contributed by atoms with Gasteiger partial charge in [0.05, 0.1) is 10.6 Å². The Kier molecular flexibility index (Phi) is 4.28. The van der Waals surface area contributed by atoms with Crippen LogP contribution in [0.4, 0.5) is 5.82 Å². The molecule has 1 amide bonds. The van der Waals surface area contributed by atoms with E-state index >= 15 is 0 Å². The Bertz CT molecular complexity index is 538. The van der Waals surface area contributed by atoms with Gasteiger partial charge in [-0.2, -0.15) is 0 Å². The Morgan fingerprint density at radius 3 is 2.95 bits per heavy atom. The molecule has 0 radical (unpaired) electrons. The zero-order chi connectivity index (χ0) is 14.8. The SMILES string of the molecule is NNc1ncc(C(=O)N2CCCN3CCCC3C2)cc1Cl. The third kappa shape index (κ3) is 2.97. The number of fused-ring (bicyclic) bond motifs is 1. The standard InChI is InChI=1S/C14H20ClN5O/c15-12-7-10(8-17-13(12)18-16)14(21)20-6-2-5-19-4-1-3-11(19)9-20/h7-8,11H,1-6,9,16H2,(H,17,18). The van der Waals surface area contributed by atoms with E-state index < -0.39 is 0 Å². The molecule has 7 heteroatoms. The van der Waals surface area contributed by atoms with Crippen LogP contribution >= 0.6 is 11.6 Å². The third-order valence-corrected chi connectivity index (χ3v) is 4.60. The van der Waals surface area contributed by atoms with Gasteiger partial charge in [0.15, 0.2) is 5.82 Å². The number of nitrogen functional groups attached to an aromatic ring is 1. The minimum Gasteiger partial charge on any atom is -0.337 e. The molecule has 3 heterocycles. The fraction of sp³-hybridized carbons (Fsp3) is 0.571. The number of nitrogens with zero attached hydrogens (tertiary/aromatic N) is 3. The molecule has 2 aliphatic heterocycles. The van der Waals surface area contributed by atoms with E-state index in [1.54, 1.807) is 6.07 Å². The van der Waals surface area contributed by atoms with Gasteiger partial charge in [-0.15, -0.1) is 0 Å². The second-order valence-electron chi connectivity index (χ2n) is 5.64. The minimum atomic E-state index is 0.00159. The maximum absolute atomic E-state index is 12.7. The molecule has 2 aliphatic rings. The summed E-state index contributed by atoms with van der Waals surface area (Å²) in [7, 11) is 0. The number of halogens is 1. The number of anilines is 1. The zero-order valence-electron chi connectivity index (χ0n) is 11.9. The van der Waals surface area contributed by atoms with Gasteiger partial charge in [0, 0.05) is 31.9 Å². The Morgan fingerprint density at radius 2 is 2.19 bits per heavy atom. The molecule has 1 aromatic rings. The summed E-state index contributed by atoms with van der Waals surface area (Å²) < 4.78 is 0. The zero-order valence-corrected chi connectivity index (χ0v) is 12.6. The summed E-state index contributed by atoms with van der Waals surface area (Å²) in [6.45, 7) is 3.84. The van der Waals surface area contributed by atoms with Gasteiger partial charge in [0.25, 0.3) is 5.91 Å². The van der Waals surface area contributed by atoms with Crippen LogP contribution in [0.25, 0.3) is 0 Å². The lowest BCUT2D eigenvalue weighted by Crippen LogP contribution is -2.39. The first kappa shape index (κ1) is 14.6. The van der Waals surface area contributed by atoms with Crippen LogP contribution in [0, 0.1) is 0 Å². The van der Waals surface area contributed by atoms with Crippen LogP contribution in [-0.2, 0) is 0 Å². The fourth-order valence-corrected chi connectivity index (χ4v) is 3.46. The van der Waals surface area contributed by atoms with Crippen LogP contribution < -0.4 is 11.3 Å². The van der Waals surface area contributed by atoms with Crippen molar-refractivity contribution in [2.24, 2.45) is 5.84 Å². The van der Waals surface area contributed by atoms with Crippen molar-refractivity contribution in [2.75, 3.05) is 31.6 Å². The second kappa shape index (κ2) is 6.17. The van der Waals surface area contributed by atoms with Gasteiger partial charge in [-0.1, -0.05) is 11.6 Å². The van der Waals surface area contributed by atoms with Crippen molar-refractivity contribution < 1.29 is 4.79 Å². The Balaban J connectivity index is 1.76. The number of rotatable bonds is 2. The highest BCUT2D eigenvalue weighted by Crippen LogP contribution is 2.24. The van der Waals surface area contributed by atoms with Gasteiger partial charge < -0.3 is 10.3 Å². The number of pyridine rings is 1. The van der Waals surface area contributed by atoms with E-state index in [1.165, 1.54) is 19.0 Å². The first-order valence-electron chi connectivity index (χ1n) is 7.34. The van der Waals surface area contributed by atoms with E-state index in [9.17, 15) is 4.79 Å². The number of hydrogen-bond acceptors (Lipinski definition) is 5. The number of nitrogens with one attached hydrogen (secondary N) is 1. The monoisotopic (exact) mass is 309 g/mol. The predicted molar refractivity (Wildman–Crippen MR) is 82.2 cm³/mol. The van der Waals surface area contributed by atoms with E-state index in [0.29, 0.717) is 22.4 Å². The maximum Gasteiger partial charge on any atom is 0.255 e. The average molecular weight is 310 g/mol. The maximum atomic E-state index is 12.7. The van der Waals surface area contributed by atoms with Gasteiger partial charge in [-0.05, 0) is 31.9 Å². The highest BCUT2D eigenvalue weighted by molar-refractivity contribution is 6.33. The number of nitrogens with two attached hydrogens (primary N) is 1. The Morgan fingerprint density at radius 1 is 1.38 bits per heavy atom. The molecule has 114 valence electrons. The molecular weight excluding hydrogens is 290 g/mol. The van der Waals surface area contributed by atoms with E-state index in [4.69, 9.17) is 17.4 Å². The van der Waals surface area contributed by atoms with Crippen LogP contribution in [0.2, 0.25) is 5.02 Å². The number of amides is 1. The average Bonchev–Trinajstić information content (AvgIpc) is 2.83. The second-order valence-corrected chi connectivity index (χ2v) is 6.04. The molecule has 6 nitrogen and oxygen atoms in total. The van der Waals surface area contributed by atoms with Gasteiger partial charge >= 0.3 is 0 Å². The van der Waals surface area contributed by atoms with Crippen LogP contribution in [0.15, 0.2) is 12.3 Å². The van der Waals surface area contributed by atoms with Crippen molar-refractivity contribution in [2.45, 2.75) is 25.3 Å². The van der Waals surface area contributed by atoms with Crippen molar-refractivity contribution in [3.63, 3.8) is 0 Å². The van der Waals surface area contributed by atoms with E-state index in [2.05, 4.69) is 15.3 Å². The van der Waals surface area contributed by atoms with Crippen molar-refractivity contribution in [3.8, 4) is 0 Å². The lowest BCUT2D eigenvalue weighted by molar-refractivity contribution is 0.0743. The van der Waals surface area contributed by atoms with Crippen molar-refractivity contribution in [1.82, 2.24) is 14.8 Å². The highest BCUT2D eigenvalue weighted by atomic mass is 35.5. The Hall–Kier alpha value is -1.37. The number of carbonyl (C=O) groups excluding carboxylic acids is 1. The van der Waals surface area contributed by atoms with E-state index in [-0.39, 0.29) is 5.91 Å². The number of carbonyl (C=O) groups is 1. The first-order chi connectivity index (χ1) is 10.2. The van der Waals surface area contributed by atoms with Gasteiger partial charge in [-0.25, -0.2) is 10.8 Å². The van der Waals surface area contributed by atoms with Crippen LogP contribution in [-0.4, -0.2) is 52.9 Å². The van der Waals surface area contributed by atoms with Crippen molar-refractivity contribution in [1.29, 1.82) is 0 Å². The molecule has 0 bridgehead atoms. The molecule has 0 aliphatic carbocycles. The molecular formula is C14H20ClN5O. The number of hydrogen-bond donors (Lipinski definition) is 2. The number of aromatic nitrogens is 1. The predicted octanol–water partition coefficient (Wildman–Crippen LogP) is 1.33. The van der Waals surface area contributed by atoms with E-state index in [1.807, 2.05) is 4.90 Å². The van der Waals surface area contributed by atoms with Crippen LogP contribution in [0.5, 0.6) is 0 Å². The van der Waals surface area contributed by atoms with Crippen LogP contribution in [0.3, 0.4) is 0 Å². The summed E-state index contributed by atoms with van der Waals surface area (Å²) in [4.78, 5) is 21.2. The van der Waals surface area contributed by atoms with Crippen LogP contribution in [0.1, 0.15) is 29.6 Å². The summed E-state index contributed by atoms with van der Waals surface area (Å²) >= 11 is 6.05. The number of hydrazine groups is 1. The summed E-state index contributed by atoms with van der Waals surface area (Å²) in [5.74, 6) is 5.68. The molecule has 0 spiro atoms. The third-order valence-electron chi connectivity index (χ3n) is 4.32. The normalized spacial score (nSPS) is 22.8. The summed E-state index contributed by atoms with van der Waals surface area (Å²) in [5, 5.41) is 0.362. The van der Waals surface area contributed by atoms with Crippen molar-refractivity contribution in [3.05, 3.63) is 22.8 Å². The molecule has 0 saturated carbocycles. The lowest BCUT2D eigenvalue weighted by atomic mass is 10.2. The molecule has 3 N–H and O–H groups in total. The van der Waals surface area contributed by atoms with Gasteiger partial charge in [0.2, 0.25) is 0 Å². The molecule has 2 saturated heterocycles. The minimum absolute atomic E-state index is 0.00159. The molecule has 1 aromatic heterocycles. The highest BCUT2D eigenvalue weighted by Gasteiger charge is 2.31. The smallest absolute Gasteiger partial charge is 0.255 e. The summed E-state index contributed by atoms with van der Waals surface area (Å²) in [5.41, 5.74) is 2.93. The molecule has 2 fully saturated rings. The molecule has 1 atom stereocenters. The van der Waals surface area contributed by atoms with Gasteiger partial charge in [0.1, 0.15) is 0 Å². The Labute approximate surface area is 129 Å². The fourth-order valence-electron chi connectivity index (χ4n) is 3.23. The molecule has 21 heavy (non-hydrogen) atoms.